The first kappa shape index (κ1) is 24.7. The van der Waals surface area contributed by atoms with Crippen molar-refractivity contribution in [1.29, 1.82) is 5.26 Å². The van der Waals surface area contributed by atoms with Gasteiger partial charge in [-0.1, -0.05) is 18.7 Å². The van der Waals surface area contributed by atoms with Crippen molar-refractivity contribution in [2.45, 2.75) is 45.6 Å². The molecule has 2 aromatic carbocycles. The molecule has 0 N–H and O–H groups in total. The number of nitriles is 1. The number of hydrogen-bond donors (Lipinski definition) is 0. The molecule has 168 valence electrons. The van der Waals surface area contributed by atoms with Crippen molar-refractivity contribution in [2.75, 3.05) is 0 Å². The third-order valence-corrected chi connectivity index (χ3v) is 4.83. The molecule has 1 unspecified atom stereocenters. The van der Waals surface area contributed by atoms with Crippen LogP contribution in [0.5, 0.6) is 5.75 Å². The van der Waals surface area contributed by atoms with E-state index in [-0.39, 0.29) is 0 Å². The maximum Gasteiger partial charge on any atom is 0.416 e. The minimum absolute atomic E-state index is 0.290. The summed E-state index contributed by atoms with van der Waals surface area (Å²) in [6, 6.07) is 13.3. The molecule has 0 spiro atoms. The van der Waals surface area contributed by atoms with Gasteiger partial charge in [0.1, 0.15) is 17.5 Å². The minimum atomic E-state index is -4.41. The highest BCUT2D eigenvalue weighted by Gasteiger charge is 2.32. The fraction of sp³-hybridized carbons (Fsp3) is 0.280. The molecule has 2 rings (SSSR count). The van der Waals surface area contributed by atoms with Crippen LogP contribution in [0.2, 0.25) is 0 Å². The van der Waals surface area contributed by atoms with Crippen molar-refractivity contribution >= 4 is 17.6 Å². The van der Waals surface area contributed by atoms with Crippen molar-refractivity contribution in [3.05, 3.63) is 77.4 Å². The van der Waals surface area contributed by atoms with E-state index in [1.165, 1.54) is 18.2 Å². The zero-order valence-corrected chi connectivity index (χ0v) is 18.3. The molecule has 0 saturated heterocycles. The Morgan fingerprint density at radius 3 is 2.12 bits per heavy atom. The quantitative estimate of drug-likeness (QED) is 0.214. The molecule has 0 aromatic heterocycles. The minimum Gasteiger partial charge on any atom is -0.487 e. The molecule has 0 aliphatic heterocycles. The Labute approximate surface area is 185 Å². The van der Waals surface area contributed by atoms with E-state index in [1.54, 1.807) is 52.0 Å². The Balaban J connectivity index is 2.14. The number of nitrogens with zero attached hydrogens (tertiary/aromatic N) is 1. The van der Waals surface area contributed by atoms with Gasteiger partial charge in [-0.25, -0.2) is 4.79 Å². The first-order valence-electron chi connectivity index (χ1n) is 9.78. The lowest BCUT2D eigenvalue weighted by Gasteiger charge is -2.31. The van der Waals surface area contributed by atoms with E-state index < -0.39 is 29.4 Å². The second-order valence-corrected chi connectivity index (χ2v) is 7.85. The number of ether oxygens (including phenoxy) is 2. The summed E-state index contributed by atoms with van der Waals surface area (Å²) in [5, 5.41) is 9.49. The molecular formula is C25H24F3NO3. The number of alkyl halides is 3. The standard InChI is InChI=1S/C25H24F3NO3/c1-16(2)23(30)32-24(4,5)17(3)31-22-12-8-19(9-13-22)20(15-29)14-18-6-10-21(11-7-18)25(26,27)28/h6-14,17H,1H2,2-5H3/b20-14+. The van der Waals surface area contributed by atoms with Crippen molar-refractivity contribution in [3.63, 3.8) is 0 Å². The maximum atomic E-state index is 12.7. The number of esters is 1. The maximum absolute atomic E-state index is 12.7. The van der Waals surface area contributed by atoms with E-state index in [4.69, 9.17) is 9.47 Å². The summed E-state index contributed by atoms with van der Waals surface area (Å²) in [7, 11) is 0. The number of carbonyl (C=O) groups is 1. The van der Waals surface area contributed by atoms with Gasteiger partial charge in [0.25, 0.3) is 0 Å². The number of carbonyl (C=O) groups excluding carboxylic acids is 1. The van der Waals surface area contributed by atoms with Crippen molar-refractivity contribution < 1.29 is 27.4 Å². The molecule has 32 heavy (non-hydrogen) atoms. The smallest absolute Gasteiger partial charge is 0.416 e. The molecule has 7 heteroatoms. The lowest BCUT2D eigenvalue weighted by Crippen LogP contribution is -2.42. The Morgan fingerprint density at radius 1 is 1.09 bits per heavy atom. The lowest BCUT2D eigenvalue weighted by molar-refractivity contribution is -0.159. The Bertz CT molecular complexity index is 1040. The van der Waals surface area contributed by atoms with Gasteiger partial charge in [-0.05, 0) is 81.3 Å². The molecule has 2 aromatic rings. The van der Waals surface area contributed by atoms with Gasteiger partial charge in [0.05, 0.1) is 17.2 Å². The summed E-state index contributed by atoms with van der Waals surface area (Å²) in [6.45, 7) is 10.4. The van der Waals surface area contributed by atoms with Gasteiger partial charge >= 0.3 is 12.1 Å². The highest BCUT2D eigenvalue weighted by molar-refractivity contribution is 5.89. The molecule has 4 nitrogen and oxygen atoms in total. The number of allylic oxidation sites excluding steroid dienone is 1. The number of hydrogen-bond acceptors (Lipinski definition) is 4. The summed E-state index contributed by atoms with van der Waals surface area (Å²) < 4.78 is 49.4. The van der Waals surface area contributed by atoms with Crippen LogP contribution in [-0.4, -0.2) is 17.7 Å². The molecule has 0 radical (unpaired) electrons. The first-order valence-corrected chi connectivity index (χ1v) is 9.78. The van der Waals surface area contributed by atoms with E-state index in [9.17, 15) is 23.2 Å². The van der Waals surface area contributed by atoms with Crippen LogP contribution >= 0.6 is 0 Å². The predicted molar refractivity (Wildman–Crippen MR) is 116 cm³/mol. The largest absolute Gasteiger partial charge is 0.487 e. The predicted octanol–water partition coefficient (Wildman–Crippen LogP) is 6.43. The zero-order valence-electron chi connectivity index (χ0n) is 18.3. The number of benzene rings is 2. The summed E-state index contributed by atoms with van der Waals surface area (Å²) in [5.41, 5.74) is -0.0150. The highest BCUT2D eigenvalue weighted by Crippen LogP contribution is 2.30. The van der Waals surface area contributed by atoms with E-state index in [0.29, 0.717) is 28.0 Å². The Hall–Kier alpha value is -3.53. The van der Waals surface area contributed by atoms with Crippen molar-refractivity contribution in [3.8, 4) is 11.8 Å². The van der Waals surface area contributed by atoms with Crippen LogP contribution in [-0.2, 0) is 15.7 Å². The summed E-state index contributed by atoms with van der Waals surface area (Å²) in [5.74, 6) is 0.000354. The molecule has 0 amide bonds. The average Bonchev–Trinajstić information content (AvgIpc) is 2.72. The molecule has 1 atom stereocenters. The third kappa shape index (κ3) is 6.48. The fourth-order valence-electron chi connectivity index (χ4n) is 2.58. The highest BCUT2D eigenvalue weighted by atomic mass is 19.4. The molecule has 0 saturated carbocycles. The normalized spacial score (nSPS) is 13.1. The van der Waals surface area contributed by atoms with Crippen LogP contribution in [0.15, 0.2) is 60.7 Å². The van der Waals surface area contributed by atoms with Gasteiger partial charge in [0.2, 0.25) is 0 Å². The van der Waals surface area contributed by atoms with Crippen LogP contribution in [0, 0.1) is 11.3 Å². The van der Waals surface area contributed by atoms with Crippen molar-refractivity contribution in [1.82, 2.24) is 0 Å². The molecule has 0 heterocycles. The first-order chi connectivity index (χ1) is 14.8. The molecule has 0 aliphatic rings. The fourth-order valence-corrected chi connectivity index (χ4v) is 2.58. The van der Waals surface area contributed by atoms with Crippen LogP contribution in [0.3, 0.4) is 0 Å². The summed E-state index contributed by atoms with van der Waals surface area (Å²) in [4.78, 5) is 11.8. The Morgan fingerprint density at radius 2 is 1.66 bits per heavy atom. The molecule has 0 aliphatic carbocycles. The van der Waals surface area contributed by atoms with Crippen LogP contribution in [0.4, 0.5) is 13.2 Å². The third-order valence-electron chi connectivity index (χ3n) is 4.83. The number of halogens is 3. The topological polar surface area (TPSA) is 59.3 Å². The van der Waals surface area contributed by atoms with Crippen LogP contribution in [0.25, 0.3) is 11.6 Å². The van der Waals surface area contributed by atoms with Crippen LogP contribution in [0.1, 0.15) is 44.4 Å². The molecule has 0 bridgehead atoms. The van der Waals surface area contributed by atoms with Crippen molar-refractivity contribution in [2.24, 2.45) is 0 Å². The van der Waals surface area contributed by atoms with Gasteiger partial charge in [0.15, 0.2) is 0 Å². The van der Waals surface area contributed by atoms with E-state index in [1.807, 2.05) is 0 Å². The van der Waals surface area contributed by atoms with Gasteiger partial charge < -0.3 is 9.47 Å². The van der Waals surface area contributed by atoms with Gasteiger partial charge in [-0.3, -0.25) is 0 Å². The second kappa shape index (κ2) is 9.73. The number of rotatable bonds is 7. The van der Waals surface area contributed by atoms with E-state index in [0.717, 1.165) is 12.1 Å². The second-order valence-electron chi connectivity index (χ2n) is 7.85. The summed E-state index contributed by atoms with van der Waals surface area (Å²) >= 11 is 0. The molecular weight excluding hydrogens is 419 g/mol. The average molecular weight is 443 g/mol. The summed E-state index contributed by atoms with van der Waals surface area (Å²) in [6.07, 6.45) is -3.38. The van der Waals surface area contributed by atoms with Gasteiger partial charge in [-0.2, -0.15) is 18.4 Å². The SMILES string of the molecule is C=C(C)C(=O)OC(C)(C)C(C)Oc1ccc(/C(C#N)=C/c2ccc(C(F)(F)F)cc2)cc1. The van der Waals surface area contributed by atoms with Gasteiger partial charge in [-0.15, -0.1) is 0 Å². The lowest BCUT2D eigenvalue weighted by atomic mass is 10.0. The van der Waals surface area contributed by atoms with Crippen LogP contribution < -0.4 is 4.74 Å². The van der Waals surface area contributed by atoms with E-state index in [2.05, 4.69) is 12.6 Å². The monoisotopic (exact) mass is 443 g/mol. The molecule has 0 fully saturated rings. The van der Waals surface area contributed by atoms with Gasteiger partial charge in [0, 0.05) is 5.57 Å². The Kier molecular flexibility index (Phi) is 7.52. The zero-order chi connectivity index (χ0) is 24.1. The van der Waals surface area contributed by atoms with E-state index >= 15 is 0 Å².